The Hall–Kier alpha value is -5.41. The molecule has 274 valence electrons. The number of allylic oxidation sites excluding steroid dienone is 1. The maximum Gasteiger partial charge on any atom is 0.255 e. The molecule has 4 aromatic carbocycles. The number of hydrogen-bond acceptors (Lipinski definition) is 7. The number of carbonyl (C=O) groups excluding carboxylic acids is 3. The average Bonchev–Trinajstić information content (AvgIpc) is 3.51. The molecule has 0 radical (unpaired) electrons. The summed E-state index contributed by atoms with van der Waals surface area (Å²) in [6.45, 7) is 8.22. The van der Waals surface area contributed by atoms with Crippen molar-refractivity contribution >= 4 is 34.6 Å². The molecule has 0 spiro atoms. The molecule has 2 fully saturated rings. The quantitative estimate of drug-likeness (QED) is 0.0885. The highest BCUT2D eigenvalue weighted by Crippen LogP contribution is 2.34. The van der Waals surface area contributed by atoms with E-state index in [0.717, 1.165) is 84.8 Å². The molecule has 0 bridgehead atoms. The van der Waals surface area contributed by atoms with E-state index in [1.165, 1.54) is 18.4 Å². The van der Waals surface area contributed by atoms with Crippen LogP contribution in [0.5, 0.6) is 11.5 Å². The molecule has 4 aromatic rings. The Morgan fingerprint density at radius 2 is 1.49 bits per heavy atom. The van der Waals surface area contributed by atoms with E-state index in [9.17, 15) is 19.5 Å². The van der Waals surface area contributed by atoms with Crippen molar-refractivity contribution in [1.29, 1.82) is 0 Å². The molecular formula is C44H48N4O5. The number of anilines is 1. The minimum atomic E-state index is -0.588. The maximum absolute atomic E-state index is 13.1. The number of ether oxygens (including phenoxy) is 1. The first-order valence-corrected chi connectivity index (χ1v) is 18.9. The van der Waals surface area contributed by atoms with E-state index in [-0.39, 0.29) is 29.9 Å². The van der Waals surface area contributed by atoms with E-state index in [4.69, 9.17) is 4.74 Å². The number of phenols is 1. The summed E-state index contributed by atoms with van der Waals surface area (Å²) in [7, 11) is 0. The van der Waals surface area contributed by atoms with Crippen LogP contribution in [0.2, 0.25) is 0 Å². The predicted octanol–water partition coefficient (Wildman–Crippen LogP) is 6.89. The highest BCUT2D eigenvalue weighted by Gasteiger charge is 2.39. The van der Waals surface area contributed by atoms with Crippen LogP contribution in [-0.2, 0) is 16.1 Å². The zero-order valence-electron chi connectivity index (χ0n) is 30.4. The van der Waals surface area contributed by atoms with Gasteiger partial charge in [-0.15, -0.1) is 0 Å². The summed E-state index contributed by atoms with van der Waals surface area (Å²) < 4.78 is 6.12. The number of aromatic hydroxyl groups is 1. The minimum Gasteiger partial charge on any atom is -0.508 e. The molecule has 9 nitrogen and oxygen atoms in total. The number of benzene rings is 4. The second kappa shape index (κ2) is 16.5. The summed E-state index contributed by atoms with van der Waals surface area (Å²) in [4.78, 5) is 43.6. The van der Waals surface area contributed by atoms with Gasteiger partial charge in [-0.2, -0.15) is 0 Å². The van der Waals surface area contributed by atoms with Crippen molar-refractivity contribution in [3.05, 3.63) is 125 Å². The molecular weight excluding hydrogens is 665 g/mol. The fourth-order valence-corrected chi connectivity index (χ4v) is 7.75. The van der Waals surface area contributed by atoms with Crippen molar-refractivity contribution in [1.82, 2.24) is 15.1 Å². The predicted molar refractivity (Wildman–Crippen MR) is 208 cm³/mol. The Morgan fingerprint density at radius 1 is 0.792 bits per heavy atom. The van der Waals surface area contributed by atoms with Gasteiger partial charge in [0, 0.05) is 50.4 Å². The van der Waals surface area contributed by atoms with Gasteiger partial charge in [-0.05, 0) is 109 Å². The number of rotatable bonds is 13. The summed E-state index contributed by atoms with van der Waals surface area (Å²) in [5.74, 6) is 0.347. The third-order valence-electron chi connectivity index (χ3n) is 10.8. The van der Waals surface area contributed by atoms with Crippen LogP contribution in [-0.4, -0.2) is 78.0 Å². The van der Waals surface area contributed by atoms with Gasteiger partial charge in [0.1, 0.15) is 17.5 Å². The highest BCUT2D eigenvalue weighted by molar-refractivity contribution is 6.05. The normalized spacial score (nSPS) is 18.1. The van der Waals surface area contributed by atoms with Crippen LogP contribution in [0.15, 0.2) is 97.1 Å². The first-order chi connectivity index (χ1) is 25.8. The third-order valence-corrected chi connectivity index (χ3v) is 10.8. The number of hydrogen-bond donors (Lipinski definition) is 2. The molecule has 53 heavy (non-hydrogen) atoms. The number of fused-ring (bicyclic) bond motifs is 1. The van der Waals surface area contributed by atoms with Crippen LogP contribution in [0.25, 0.3) is 11.1 Å². The van der Waals surface area contributed by atoms with Gasteiger partial charge in [-0.1, -0.05) is 67.4 Å². The van der Waals surface area contributed by atoms with Crippen LogP contribution in [0.3, 0.4) is 0 Å². The van der Waals surface area contributed by atoms with Gasteiger partial charge in [0.15, 0.2) is 0 Å². The van der Waals surface area contributed by atoms with Crippen LogP contribution >= 0.6 is 0 Å². The monoisotopic (exact) mass is 712 g/mol. The molecule has 2 N–H and O–H groups in total. The topological polar surface area (TPSA) is 102 Å². The van der Waals surface area contributed by atoms with Crippen LogP contribution in [0.4, 0.5) is 5.69 Å². The Kier molecular flexibility index (Phi) is 11.2. The number of imide groups is 1. The lowest BCUT2D eigenvalue weighted by molar-refractivity contribution is -0.136. The lowest BCUT2D eigenvalue weighted by atomic mass is 9.90. The number of phenolic OH excluding ortho intramolecular Hbond substituents is 1. The van der Waals surface area contributed by atoms with Crippen molar-refractivity contribution < 1.29 is 24.2 Å². The average molecular weight is 713 g/mol. The second-order valence-electron chi connectivity index (χ2n) is 14.3. The van der Waals surface area contributed by atoms with Gasteiger partial charge in [0.25, 0.3) is 5.91 Å². The molecule has 0 aromatic heterocycles. The number of amides is 3. The fourth-order valence-electron chi connectivity index (χ4n) is 7.75. The molecule has 7 rings (SSSR count). The molecule has 3 aliphatic heterocycles. The Labute approximate surface area is 311 Å². The van der Waals surface area contributed by atoms with E-state index in [0.29, 0.717) is 25.1 Å². The van der Waals surface area contributed by atoms with Gasteiger partial charge in [-0.3, -0.25) is 24.6 Å². The Balaban J connectivity index is 0.820. The zero-order valence-corrected chi connectivity index (χ0v) is 30.4. The van der Waals surface area contributed by atoms with Crippen molar-refractivity contribution in [3.63, 3.8) is 0 Å². The molecule has 0 saturated carbocycles. The van der Waals surface area contributed by atoms with E-state index in [1.807, 2.05) is 42.5 Å². The van der Waals surface area contributed by atoms with Gasteiger partial charge in [0.2, 0.25) is 11.8 Å². The summed E-state index contributed by atoms with van der Waals surface area (Å²) in [6, 6.07) is 31.5. The largest absolute Gasteiger partial charge is 0.508 e. The van der Waals surface area contributed by atoms with Crippen molar-refractivity contribution in [3.8, 4) is 11.5 Å². The lowest BCUT2D eigenvalue weighted by Crippen LogP contribution is -2.52. The first kappa shape index (κ1) is 36.0. The van der Waals surface area contributed by atoms with Crippen molar-refractivity contribution in [2.75, 3.05) is 44.2 Å². The van der Waals surface area contributed by atoms with Crippen LogP contribution in [0, 0.1) is 0 Å². The minimum absolute atomic E-state index is 0.129. The second-order valence-corrected chi connectivity index (χ2v) is 14.3. The molecule has 0 unspecified atom stereocenters. The number of nitrogens with one attached hydrogen (secondary N) is 1. The van der Waals surface area contributed by atoms with Crippen LogP contribution < -0.4 is 15.0 Å². The maximum atomic E-state index is 13.1. The SMILES string of the molecule is C/C(=C(\c1ccc(O)cc1)c1ccc(OCCCCCCN2CCN(c3ccc4c(c3)CN([C@H]3CCC(=O)NC3=O)C4=O)CC2)cc1)c1ccccc1. The lowest BCUT2D eigenvalue weighted by Gasteiger charge is -2.36. The number of nitrogens with zero attached hydrogens (tertiary/aromatic N) is 3. The Bertz CT molecular complexity index is 1950. The molecule has 1 atom stereocenters. The van der Waals surface area contributed by atoms with E-state index in [2.05, 4.69) is 64.5 Å². The third kappa shape index (κ3) is 8.47. The summed E-state index contributed by atoms with van der Waals surface area (Å²) in [5, 5.41) is 12.2. The fraction of sp³-hybridized carbons (Fsp3) is 0.341. The van der Waals surface area contributed by atoms with Gasteiger partial charge < -0.3 is 19.6 Å². The molecule has 3 aliphatic rings. The van der Waals surface area contributed by atoms with E-state index < -0.39 is 6.04 Å². The van der Waals surface area contributed by atoms with Gasteiger partial charge in [-0.25, -0.2) is 0 Å². The summed E-state index contributed by atoms with van der Waals surface area (Å²) >= 11 is 0. The molecule has 2 saturated heterocycles. The standard InChI is InChI=1S/C44H48N4O5/c1-31(32-9-5-4-6-10-32)42(33-11-16-37(49)17-12-33)34-13-18-38(19-14-34)53-28-8-3-2-7-23-46-24-26-47(27-25-46)36-15-20-39-35(29-36)30-48(44(39)52)40-21-22-41(50)45-43(40)51/h4-6,9-20,29,40,49H,2-3,7-8,21-28,30H2,1H3,(H,45,50,51)/b42-31-/t40-/m0/s1. The van der Waals surface area contributed by atoms with Gasteiger partial charge >= 0.3 is 0 Å². The smallest absolute Gasteiger partial charge is 0.255 e. The number of unbranched alkanes of at least 4 members (excludes halogenated alkanes) is 3. The molecule has 3 heterocycles. The number of piperazine rings is 1. The highest BCUT2D eigenvalue weighted by atomic mass is 16.5. The zero-order chi connectivity index (χ0) is 36.7. The first-order valence-electron chi connectivity index (χ1n) is 18.9. The summed E-state index contributed by atoms with van der Waals surface area (Å²) in [6.07, 6.45) is 5.12. The van der Waals surface area contributed by atoms with Crippen LogP contribution in [0.1, 0.15) is 78.1 Å². The molecule has 9 heteroatoms. The van der Waals surface area contributed by atoms with Crippen molar-refractivity contribution in [2.45, 2.75) is 58.0 Å². The van der Waals surface area contributed by atoms with Crippen molar-refractivity contribution in [2.24, 2.45) is 0 Å². The van der Waals surface area contributed by atoms with E-state index in [1.54, 1.807) is 17.0 Å². The summed E-state index contributed by atoms with van der Waals surface area (Å²) in [5.41, 5.74) is 8.35. The number of carbonyl (C=O) groups is 3. The molecule has 0 aliphatic carbocycles. The molecule has 3 amide bonds. The number of piperidine rings is 1. The van der Waals surface area contributed by atoms with Gasteiger partial charge in [0.05, 0.1) is 6.61 Å². The Morgan fingerprint density at radius 3 is 2.21 bits per heavy atom. The van der Waals surface area contributed by atoms with E-state index >= 15 is 0 Å².